The average molecular weight is 252 g/mol. The number of carbonyl (C=O) groups is 1. The fourth-order valence-electron chi connectivity index (χ4n) is 1.60. The average Bonchev–Trinajstić information content (AvgIpc) is 2.26. The number of hydrogen-bond acceptors (Lipinski definition) is 4. The van der Waals surface area contributed by atoms with Crippen molar-refractivity contribution in [3.63, 3.8) is 0 Å². The van der Waals surface area contributed by atoms with Crippen molar-refractivity contribution in [1.82, 2.24) is 4.98 Å². The molecule has 0 aliphatic rings. The van der Waals surface area contributed by atoms with Gasteiger partial charge in [-0.25, -0.2) is 4.79 Å². The van der Waals surface area contributed by atoms with Crippen molar-refractivity contribution >= 4 is 11.7 Å². The third-order valence-corrected chi connectivity index (χ3v) is 2.82. The maximum Gasteiger partial charge on any atom is 0.339 e. The molecular weight excluding hydrogens is 232 g/mol. The molecule has 5 heteroatoms. The SMILES string of the molecule is Cc1cc(NCC(C)(C)CCO)c(C(=O)O)cn1. The van der Waals surface area contributed by atoms with Crippen molar-refractivity contribution < 1.29 is 15.0 Å². The van der Waals surface area contributed by atoms with E-state index in [0.29, 0.717) is 18.7 Å². The van der Waals surface area contributed by atoms with E-state index in [1.54, 1.807) is 6.07 Å². The molecule has 0 saturated heterocycles. The van der Waals surface area contributed by atoms with Crippen LogP contribution in [0, 0.1) is 12.3 Å². The molecule has 0 amide bonds. The fourth-order valence-corrected chi connectivity index (χ4v) is 1.60. The van der Waals surface area contributed by atoms with E-state index in [-0.39, 0.29) is 17.6 Å². The predicted molar refractivity (Wildman–Crippen MR) is 69.9 cm³/mol. The Bertz CT molecular complexity index is 430. The van der Waals surface area contributed by atoms with Crippen LogP contribution in [0.25, 0.3) is 0 Å². The molecule has 18 heavy (non-hydrogen) atoms. The molecule has 0 aliphatic carbocycles. The van der Waals surface area contributed by atoms with Crippen LogP contribution in [-0.4, -0.2) is 34.3 Å². The second-order valence-electron chi connectivity index (χ2n) is 5.17. The number of nitrogens with one attached hydrogen (secondary N) is 1. The zero-order chi connectivity index (χ0) is 13.8. The molecule has 0 unspecified atom stereocenters. The topological polar surface area (TPSA) is 82.5 Å². The Kier molecular flexibility index (Phi) is 4.67. The lowest BCUT2D eigenvalue weighted by Crippen LogP contribution is -2.25. The van der Waals surface area contributed by atoms with Gasteiger partial charge in [-0.2, -0.15) is 0 Å². The van der Waals surface area contributed by atoms with E-state index in [9.17, 15) is 4.79 Å². The Morgan fingerprint density at radius 1 is 1.50 bits per heavy atom. The summed E-state index contributed by atoms with van der Waals surface area (Å²) in [6.07, 6.45) is 2.02. The molecule has 0 aliphatic heterocycles. The number of aryl methyl sites for hydroxylation is 1. The van der Waals surface area contributed by atoms with Gasteiger partial charge in [0.1, 0.15) is 5.56 Å². The van der Waals surface area contributed by atoms with Gasteiger partial charge in [0.15, 0.2) is 0 Å². The van der Waals surface area contributed by atoms with Gasteiger partial charge in [-0.1, -0.05) is 13.8 Å². The van der Waals surface area contributed by atoms with Crippen LogP contribution in [0.3, 0.4) is 0 Å². The van der Waals surface area contributed by atoms with Gasteiger partial charge in [0.25, 0.3) is 0 Å². The maximum atomic E-state index is 11.1. The zero-order valence-corrected chi connectivity index (χ0v) is 11.0. The Hall–Kier alpha value is -1.62. The lowest BCUT2D eigenvalue weighted by Gasteiger charge is -2.25. The molecule has 0 saturated carbocycles. The smallest absolute Gasteiger partial charge is 0.339 e. The van der Waals surface area contributed by atoms with Crippen molar-refractivity contribution in [3.8, 4) is 0 Å². The highest BCUT2D eigenvalue weighted by molar-refractivity contribution is 5.93. The van der Waals surface area contributed by atoms with Gasteiger partial charge in [0.2, 0.25) is 0 Å². The van der Waals surface area contributed by atoms with Gasteiger partial charge < -0.3 is 15.5 Å². The minimum absolute atomic E-state index is 0.0955. The highest BCUT2D eigenvalue weighted by atomic mass is 16.4. The van der Waals surface area contributed by atoms with Crippen LogP contribution in [0.4, 0.5) is 5.69 Å². The predicted octanol–water partition coefficient (Wildman–Crippen LogP) is 1.91. The summed E-state index contributed by atoms with van der Waals surface area (Å²) in [6.45, 7) is 6.57. The monoisotopic (exact) mass is 252 g/mol. The molecule has 0 spiro atoms. The van der Waals surface area contributed by atoms with Crippen LogP contribution in [-0.2, 0) is 0 Å². The summed E-state index contributed by atoms with van der Waals surface area (Å²) in [6, 6.07) is 1.72. The number of aliphatic hydroxyl groups is 1. The van der Waals surface area contributed by atoms with Gasteiger partial charge >= 0.3 is 5.97 Å². The summed E-state index contributed by atoms with van der Waals surface area (Å²) in [5, 5.41) is 21.2. The lowest BCUT2D eigenvalue weighted by molar-refractivity contribution is 0.0697. The van der Waals surface area contributed by atoms with Crippen molar-refractivity contribution in [2.45, 2.75) is 27.2 Å². The molecule has 1 aromatic heterocycles. The second-order valence-corrected chi connectivity index (χ2v) is 5.17. The van der Waals surface area contributed by atoms with Gasteiger partial charge in [0.05, 0.1) is 5.69 Å². The van der Waals surface area contributed by atoms with Crippen LogP contribution in [0.2, 0.25) is 0 Å². The summed E-state index contributed by atoms with van der Waals surface area (Å²) in [5.41, 5.74) is 1.41. The quantitative estimate of drug-likeness (QED) is 0.720. The van der Waals surface area contributed by atoms with Crippen LogP contribution >= 0.6 is 0 Å². The first-order valence-electron chi connectivity index (χ1n) is 5.90. The zero-order valence-electron chi connectivity index (χ0n) is 11.0. The number of nitrogens with zero attached hydrogens (tertiary/aromatic N) is 1. The lowest BCUT2D eigenvalue weighted by atomic mass is 9.89. The van der Waals surface area contributed by atoms with Gasteiger partial charge in [0, 0.05) is 25.0 Å². The van der Waals surface area contributed by atoms with E-state index >= 15 is 0 Å². The number of hydrogen-bond donors (Lipinski definition) is 3. The van der Waals surface area contributed by atoms with Crippen LogP contribution in [0.1, 0.15) is 36.3 Å². The molecular formula is C13H20N2O3. The third-order valence-electron chi connectivity index (χ3n) is 2.82. The van der Waals surface area contributed by atoms with Crippen LogP contribution in [0.5, 0.6) is 0 Å². The van der Waals surface area contributed by atoms with Crippen LogP contribution < -0.4 is 5.32 Å². The fraction of sp³-hybridized carbons (Fsp3) is 0.538. The number of anilines is 1. The highest BCUT2D eigenvalue weighted by Gasteiger charge is 2.18. The van der Waals surface area contributed by atoms with Crippen molar-refractivity contribution in [2.75, 3.05) is 18.5 Å². The highest BCUT2D eigenvalue weighted by Crippen LogP contribution is 2.22. The molecule has 100 valence electrons. The number of rotatable bonds is 6. The van der Waals surface area contributed by atoms with E-state index in [4.69, 9.17) is 10.2 Å². The minimum atomic E-state index is -0.995. The number of aromatic carboxylic acids is 1. The summed E-state index contributed by atoms with van der Waals surface area (Å²) in [7, 11) is 0. The van der Waals surface area contributed by atoms with Gasteiger partial charge in [-0.3, -0.25) is 4.98 Å². The summed E-state index contributed by atoms with van der Waals surface area (Å²) in [5.74, 6) is -0.995. The largest absolute Gasteiger partial charge is 0.478 e. The van der Waals surface area contributed by atoms with E-state index in [1.807, 2.05) is 20.8 Å². The van der Waals surface area contributed by atoms with E-state index < -0.39 is 5.97 Å². The summed E-state index contributed by atoms with van der Waals surface area (Å²) < 4.78 is 0. The van der Waals surface area contributed by atoms with E-state index in [2.05, 4.69) is 10.3 Å². The van der Waals surface area contributed by atoms with Crippen molar-refractivity contribution in [1.29, 1.82) is 0 Å². The normalized spacial score (nSPS) is 11.3. The molecule has 0 radical (unpaired) electrons. The Balaban J connectivity index is 2.83. The molecule has 1 heterocycles. The number of carboxylic acids is 1. The molecule has 0 bridgehead atoms. The van der Waals surface area contributed by atoms with Crippen molar-refractivity contribution in [3.05, 3.63) is 23.5 Å². The number of carboxylic acid groups (broad SMARTS) is 1. The molecule has 0 atom stereocenters. The van der Waals surface area contributed by atoms with E-state index in [1.165, 1.54) is 6.20 Å². The first-order chi connectivity index (χ1) is 8.35. The van der Waals surface area contributed by atoms with Gasteiger partial charge in [-0.05, 0) is 24.8 Å². The summed E-state index contributed by atoms with van der Waals surface area (Å²) >= 11 is 0. The molecule has 0 fully saturated rings. The number of aromatic nitrogens is 1. The molecule has 3 N–H and O–H groups in total. The molecule has 1 aromatic rings. The Morgan fingerprint density at radius 3 is 2.72 bits per heavy atom. The first-order valence-corrected chi connectivity index (χ1v) is 5.90. The molecule has 0 aromatic carbocycles. The Morgan fingerprint density at radius 2 is 2.17 bits per heavy atom. The minimum Gasteiger partial charge on any atom is -0.478 e. The molecule has 1 rings (SSSR count). The summed E-state index contributed by atoms with van der Waals surface area (Å²) in [4.78, 5) is 15.0. The standard InChI is InChI=1S/C13H20N2O3/c1-9-6-11(10(7-14-9)12(17)18)15-8-13(2,3)4-5-16/h6-7,16H,4-5,8H2,1-3H3,(H,14,15)(H,17,18). The first kappa shape index (κ1) is 14.4. The van der Waals surface area contributed by atoms with Crippen molar-refractivity contribution in [2.24, 2.45) is 5.41 Å². The number of aliphatic hydroxyl groups excluding tert-OH is 1. The Labute approximate surface area is 107 Å². The van der Waals surface area contributed by atoms with Crippen LogP contribution in [0.15, 0.2) is 12.3 Å². The maximum absolute atomic E-state index is 11.1. The molecule has 5 nitrogen and oxygen atoms in total. The van der Waals surface area contributed by atoms with Gasteiger partial charge in [-0.15, -0.1) is 0 Å². The third kappa shape index (κ3) is 4.00. The number of pyridine rings is 1. The van der Waals surface area contributed by atoms with E-state index in [0.717, 1.165) is 5.69 Å². The second kappa shape index (κ2) is 5.82.